The maximum atomic E-state index is 12.2. The minimum atomic E-state index is -0.730. The van der Waals surface area contributed by atoms with Crippen LogP contribution in [0.5, 0.6) is 23.0 Å². The van der Waals surface area contributed by atoms with Crippen molar-refractivity contribution in [2.75, 3.05) is 0 Å². The zero-order valence-corrected chi connectivity index (χ0v) is 14.5. The van der Waals surface area contributed by atoms with Crippen molar-refractivity contribution >= 4 is 11.6 Å². The molecule has 2 aromatic carbocycles. The Kier molecular flexibility index (Phi) is 5.12. The summed E-state index contributed by atoms with van der Waals surface area (Å²) in [5, 5.41) is 36.9. The number of aromatic nitrogens is 1. The number of carbonyl (C=O) groups is 1. The minimum Gasteiger partial charge on any atom is -0.508 e. The quantitative estimate of drug-likeness (QED) is 0.432. The van der Waals surface area contributed by atoms with Crippen LogP contribution in [0.2, 0.25) is 0 Å². The second-order valence-corrected chi connectivity index (χ2v) is 5.80. The second-order valence-electron chi connectivity index (χ2n) is 5.80. The first-order valence-electron chi connectivity index (χ1n) is 8.05. The summed E-state index contributed by atoms with van der Waals surface area (Å²) in [5.74, 6) is -0.821. The molecule has 1 aromatic heterocycles. The monoisotopic (exact) mass is 385 g/mol. The highest BCUT2D eigenvalue weighted by molar-refractivity contribution is 5.91. The number of benzene rings is 2. The van der Waals surface area contributed by atoms with Gasteiger partial charge in [0.15, 0.2) is 0 Å². The molecule has 0 saturated heterocycles. The molecule has 28 heavy (non-hydrogen) atoms. The summed E-state index contributed by atoms with van der Waals surface area (Å²) in [6.45, 7) is 1.60. The van der Waals surface area contributed by atoms with Crippen LogP contribution in [0.25, 0.3) is 0 Å². The Morgan fingerprint density at radius 2 is 1.96 bits per heavy atom. The SMILES string of the molecule is CC(NC(=O)c1ccno1)c1c(O)cc(O)cc1Oc1ccc([N+](=O)[O-])cc1. The van der Waals surface area contributed by atoms with Gasteiger partial charge in [-0.3, -0.25) is 14.9 Å². The molecule has 10 heteroatoms. The number of nitrogens with one attached hydrogen (secondary N) is 1. The maximum Gasteiger partial charge on any atom is 0.290 e. The lowest BCUT2D eigenvalue weighted by atomic mass is 10.0. The van der Waals surface area contributed by atoms with E-state index in [1.807, 2.05) is 0 Å². The number of hydrogen-bond donors (Lipinski definition) is 3. The topological polar surface area (TPSA) is 148 Å². The van der Waals surface area contributed by atoms with E-state index in [2.05, 4.69) is 10.5 Å². The van der Waals surface area contributed by atoms with Crippen LogP contribution in [0.15, 0.2) is 53.2 Å². The molecular formula is C18H15N3O7. The highest BCUT2D eigenvalue weighted by atomic mass is 16.6. The molecule has 1 heterocycles. The van der Waals surface area contributed by atoms with E-state index in [9.17, 15) is 25.1 Å². The molecule has 0 aliphatic rings. The van der Waals surface area contributed by atoms with Crippen molar-refractivity contribution < 1.29 is 29.2 Å². The van der Waals surface area contributed by atoms with Gasteiger partial charge in [0.2, 0.25) is 5.76 Å². The van der Waals surface area contributed by atoms with Crippen LogP contribution in [0, 0.1) is 10.1 Å². The normalized spacial score (nSPS) is 11.6. The molecule has 3 aromatic rings. The van der Waals surface area contributed by atoms with Crippen LogP contribution in [0.4, 0.5) is 5.69 Å². The number of amides is 1. The van der Waals surface area contributed by atoms with E-state index in [1.54, 1.807) is 6.92 Å². The molecular weight excluding hydrogens is 370 g/mol. The highest BCUT2D eigenvalue weighted by Crippen LogP contribution is 2.39. The van der Waals surface area contributed by atoms with Crippen molar-refractivity contribution in [1.29, 1.82) is 0 Å². The lowest BCUT2D eigenvalue weighted by Gasteiger charge is -2.19. The van der Waals surface area contributed by atoms with Crippen LogP contribution in [0.1, 0.15) is 29.1 Å². The van der Waals surface area contributed by atoms with Gasteiger partial charge < -0.3 is 24.8 Å². The minimum absolute atomic E-state index is 0.0112. The molecule has 0 bridgehead atoms. The number of nitro groups is 1. The first kappa shape index (κ1) is 18.7. The molecule has 0 aliphatic carbocycles. The third kappa shape index (κ3) is 4.01. The maximum absolute atomic E-state index is 12.2. The van der Waals surface area contributed by atoms with Gasteiger partial charge >= 0.3 is 0 Å². The highest BCUT2D eigenvalue weighted by Gasteiger charge is 2.22. The first-order valence-corrected chi connectivity index (χ1v) is 8.05. The van der Waals surface area contributed by atoms with Gasteiger partial charge in [0.05, 0.1) is 22.7 Å². The summed E-state index contributed by atoms with van der Waals surface area (Å²) in [4.78, 5) is 22.4. The average Bonchev–Trinajstić information content (AvgIpc) is 3.16. The average molecular weight is 385 g/mol. The Labute approximate surface area is 158 Å². The summed E-state index contributed by atoms with van der Waals surface area (Å²) in [5.41, 5.74) is 0.0861. The zero-order valence-electron chi connectivity index (χ0n) is 14.5. The fourth-order valence-corrected chi connectivity index (χ4v) is 2.55. The molecule has 3 rings (SSSR count). The smallest absolute Gasteiger partial charge is 0.290 e. The van der Waals surface area contributed by atoms with Gasteiger partial charge in [-0.25, -0.2) is 0 Å². The van der Waals surface area contributed by atoms with E-state index in [4.69, 9.17) is 9.26 Å². The Bertz CT molecular complexity index is 1000. The Morgan fingerprint density at radius 1 is 1.25 bits per heavy atom. The second kappa shape index (κ2) is 7.66. The molecule has 144 valence electrons. The number of aromatic hydroxyl groups is 2. The number of rotatable bonds is 6. The van der Waals surface area contributed by atoms with Crippen molar-refractivity contribution in [3.05, 3.63) is 70.1 Å². The molecule has 0 spiro atoms. The summed E-state index contributed by atoms with van der Waals surface area (Å²) < 4.78 is 10.5. The lowest BCUT2D eigenvalue weighted by Crippen LogP contribution is -2.26. The summed E-state index contributed by atoms with van der Waals surface area (Å²) in [7, 11) is 0. The predicted molar refractivity (Wildman–Crippen MR) is 95.3 cm³/mol. The van der Waals surface area contributed by atoms with E-state index in [0.717, 1.165) is 6.07 Å². The third-order valence-corrected chi connectivity index (χ3v) is 3.82. The van der Waals surface area contributed by atoms with Crippen LogP contribution in [-0.2, 0) is 0 Å². The fraction of sp³-hybridized carbons (Fsp3) is 0.111. The summed E-state index contributed by atoms with van der Waals surface area (Å²) in [6, 6.07) is 8.28. The number of phenols is 2. The zero-order chi connectivity index (χ0) is 20.3. The number of carbonyl (C=O) groups excluding carboxylic acids is 1. The van der Waals surface area contributed by atoms with E-state index in [-0.39, 0.29) is 40.0 Å². The lowest BCUT2D eigenvalue weighted by molar-refractivity contribution is -0.384. The molecule has 10 nitrogen and oxygen atoms in total. The van der Waals surface area contributed by atoms with E-state index >= 15 is 0 Å². The number of ether oxygens (including phenoxy) is 1. The first-order chi connectivity index (χ1) is 13.3. The van der Waals surface area contributed by atoms with Gasteiger partial charge in [0, 0.05) is 30.3 Å². The molecule has 0 aliphatic heterocycles. The Balaban J connectivity index is 1.88. The van der Waals surface area contributed by atoms with Gasteiger partial charge in [0.1, 0.15) is 23.0 Å². The van der Waals surface area contributed by atoms with Gasteiger partial charge in [-0.1, -0.05) is 5.16 Å². The summed E-state index contributed by atoms with van der Waals surface area (Å²) >= 11 is 0. The van der Waals surface area contributed by atoms with Crippen molar-refractivity contribution in [2.24, 2.45) is 0 Å². The Hall–Kier alpha value is -4.08. The van der Waals surface area contributed by atoms with Crippen molar-refractivity contribution in [1.82, 2.24) is 10.5 Å². The molecule has 1 amide bonds. The number of non-ortho nitro benzene ring substituents is 1. The van der Waals surface area contributed by atoms with Gasteiger partial charge in [-0.2, -0.15) is 0 Å². The molecule has 0 fully saturated rings. The number of nitro benzene ring substituents is 1. The predicted octanol–water partition coefficient (Wildman–Crippen LogP) is 3.28. The van der Waals surface area contributed by atoms with E-state index < -0.39 is 16.9 Å². The van der Waals surface area contributed by atoms with Crippen LogP contribution in [-0.4, -0.2) is 26.2 Å². The Morgan fingerprint density at radius 3 is 2.57 bits per heavy atom. The molecule has 1 unspecified atom stereocenters. The van der Waals surface area contributed by atoms with Crippen LogP contribution >= 0.6 is 0 Å². The standard InChI is InChI=1S/C18H15N3O7/c1-10(20-18(24)15-6-7-19-28-15)17-14(23)8-12(22)9-16(17)27-13-4-2-11(3-5-13)21(25)26/h2-10,22-23H,1H3,(H,20,24). The van der Waals surface area contributed by atoms with Crippen LogP contribution < -0.4 is 10.1 Å². The van der Waals surface area contributed by atoms with Crippen molar-refractivity contribution in [3.63, 3.8) is 0 Å². The summed E-state index contributed by atoms with van der Waals surface area (Å²) in [6.07, 6.45) is 1.32. The molecule has 0 saturated carbocycles. The van der Waals surface area contributed by atoms with Gasteiger partial charge in [-0.15, -0.1) is 0 Å². The fourth-order valence-electron chi connectivity index (χ4n) is 2.55. The number of phenolic OH excluding ortho intramolecular Hbond substituents is 2. The van der Waals surface area contributed by atoms with Gasteiger partial charge in [0.25, 0.3) is 11.6 Å². The molecule has 0 radical (unpaired) electrons. The van der Waals surface area contributed by atoms with Crippen LogP contribution in [0.3, 0.4) is 0 Å². The number of hydrogen-bond acceptors (Lipinski definition) is 8. The number of nitrogens with zero attached hydrogens (tertiary/aromatic N) is 2. The molecule has 3 N–H and O–H groups in total. The largest absolute Gasteiger partial charge is 0.508 e. The van der Waals surface area contributed by atoms with Gasteiger partial charge in [-0.05, 0) is 19.1 Å². The third-order valence-electron chi connectivity index (χ3n) is 3.82. The molecule has 1 atom stereocenters. The van der Waals surface area contributed by atoms with Crippen molar-refractivity contribution in [2.45, 2.75) is 13.0 Å². The van der Waals surface area contributed by atoms with Crippen molar-refractivity contribution in [3.8, 4) is 23.0 Å². The van der Waals surface area contributed by atoms with E-state index in [1.165, 1.54) is 42.6 Å². The van der Waals surface area contributed by atoms with E-state index in [0.29, 0.717) is 0 Å².